The van der Waals surface area contributed by atoms with Crippen LogP contribution in [0.25, 0.3) is 0 Å². The number of hydrogen-bond donors (Lipinski definition) is 0. The predicted octanol–water partition coefficient (Wildman–Crippen LogP) is 2.04. The average molecular weight is 183 g/mol. The summed E-state index contributed by atoms with van der Waals surface area (Å²) in [5.74, 6) is 0. The first kappa shape index (κ1) is 9.47. The van der Waals surface area contributed by atoms with Crippen molar-refractivity contribution >= 4 is 0 Å². The Bertz CT molecular complexity index is 169. The van der Waals surface area contributed by atoms with Crippen LogP contribution in [0, 0.1) is 0 Å². The molecule has 0 aromatic rings. The molecule has 1 heterocycles. The molecule has 0 spiro atoms. The van der Waals surface area contributed by atoms with E-state index in [4.69, 9.17) is 4.74 Å². The zero-order valence-corrected chi connectivity index (χ0v) is 8.83. The van der Waals surface area contributed by atoms with E-state index in [2.05, 4.69) is 18.7 Å². The molecular formula is C11H21NO. The topological polar surface area (TPSA) is 12.5 Å². The fourth-order valence-electron chi connectivity index (χ4n) is 2.77. The molecule has 0 amide bonds. The summed E-state index contributed by atoms with van der Waals surface area (Å²) in [6, 6.07) is 1.41. The van der Waals surface area contributed by atoms with Gasteiger partial charge in [0, 0.05) is 25.2 Å². The smallest absolute Gasteiger partial charge is 0.0730 e. The zero-order chi connectivity index (χ0) is 9.26. The van der Waals surface area contributed by atoms with Crippen LogP contribution < -0.4 is 0 Å². The summed E-state index contributed by atoms with van der Waals surface area (Å²) in [6.07, 6.45) is 5.76. The van der Waals surface area contributed by atoms with Crippen LogP contribution in [0.3, 0.4) is 0 Å². The minimum Gasteiger partial charge on any atom is -0.377 e. The monoisotopic (exact) mass is 183 g/mol. The Balaban J connectivity index is 2.06. The molecule has 0 bridgehead atoms. The van der Waals surface area contributed by atoms with Crippen LogP contribution in [0.1, 0.15) is 39.5 Å². The van der Waals surface area contributed by atoms with Crippen LogP contribution >= 0.6 is 0 Å². The molecule has 1 saturated carbocycles. The molecule has 76 valence electrons. The highest BCUT2D eigenvalue weighted by molar-refractivity contribution is 4.89. The van der Waals surface area contributed by atoms with Crippen molar-refractivity contribution in [2.24, 2.45) is 0 Å². The summed E-state index contributed by atoms with van der Waals surface area (Å²) in [5, 5.41) is 0. The molecule has 0 aromatic carbocycles. The normalized spacial score (nSPS) is 36.2. The van der Waals surface area contributed by atoms with E-state index in [0.717, 1.165) is 12.6 Å². The minimum absolute atomic E-state index is 0.546. The van der Waals surface area contributed by atoms with Gasteiger partial charge in [-0.25, -0.2) is 0 Å². The molecular weight excluding hydrogens is 162 g/mol. The third-order valence-corrected chi connectivity index (χ3v) is 3.40. The summed E-state index contributed by atoms with van der Waals surface area (Å²) >= 11 is 0. The van der Waals surface area contributed by atoms with E-state index in [-0.39, 0.29) is 0 Å². The number of nitrogens with zero attached hydrogens (tertiary/aromatic N) is 1. The van der Waals surface area contributed by atoms with E-state index in [9.17, 15) is 0 Å². The number of ether oxygens (including phenoxy) is 1. The van der Waals surface area contributed by atoms with Gasteiger partial charge < -0.3 is 4.74 Å². The molecule has 0 N–H and O–H groups in total. The Hall–Kier alpha value is -0.0800. The molecule has 1 aliphatic carbocycles. The maximum Gasteiger partial charge on any atom is 0.0730 e. The highest BCUT2D eigenvalue weighted by Gasteiger charge is 2.35. The van der Waals surface area contributed by atoms with Gasteiger partial charge in [-0.15, -0.1) is 0 Å². The SMILES string of the molecule is CC(C)N1CCCOC2CCCC21. The van der Waals surface area contributed by atoms with Crippen molar-refractivity contribution in [2.45, 2.75) is 57.7 Å². The molecule has 2 rings (SSSR count). The molecule has 2 nitrogen and oxygen atoms in total. The Labute approximate surface area is 81.3 Å². The molecule has 1 saturated heterocycles. The fourth-order valence-corrected chi connectivity index (χ4v) is 2.77. The molecule has 2 aliphatic rings. The lowest BCUT2D eigenvalue weighted by atomic mass is 10.1. The van der Waals surface area contributed by atoms with Gasteiger partial charge in [-0.2, -0.15) is 0 Å². The van der Waals surface area contributed by atoms with Crippen molar-refractivity contribution in [1.82, 2.24) is 4.90 Å². The summed E-state index contributed by atoms with van der Waals surface area (Å²) in [4.78, 5) is 2.64. The van der Waals surface area contributed by atoms with Crippen LogP contribution in [0.4, 0.5) is 0 Å². The van der Waals surface area contributed by atoms with Crippen molar-refractivity contribution in [3.63, 3.8) is 0 Å². The van der Waals surface area contributed by atoms with E-state index < -0.39 is 0 Å². The minimum atomic E-state index is 0.546. The fraction of sp³-hybridized carbons (Fsp3) is 1.00. The first-order chi connectivity index (χ1) is 6.29. The lowest BCUT2D eigenvalue weighted by Gasteiger charge is -2.33. The molecule has 2 fully saturated rings. The quantitative estimate of drug-likeness (QED) is 0.617. The highest BCUT2D eigenvalue weighted by atomic mass is 16.5. The third-order valence-electron chi connectivity index (χ3n) is 3.40. The van der Waals surface area contributed by atoms with Crippen LogP contribution in [0.15, 0.2) is 0 Å². The van der Waals surface area contributed by atoms with E-state index >= 15 is 0 Å². The van der Waals surface area contributed by atoms with Crippen molar-refractivity contribution in [2.75, 3.05) is 13.2 Å². The van der Waals surface area contributed by atoms with Gasteiger partial charge in [0.25, 0.3) is 0 Å². The number of fused-ring (bicyclic) bond motifs is 1. The Morgan fingerprint density at radius 1 is 1.23 bits per heavy atom. The lowest BCUT2D eigenvalue weighted by molar-refractivity contribution is 0.0261. The van der Waals surface area contributed by atoms with E-state index in [1.165, 1.54) is 32.2 Å². The zero-order valence-electron chi connectivity index (χ0n) is 8.83. The molecule has 0 radical (unpaired) electrons. The Morgan fingerprint density at radius 3 is 2.85 bits per heavy atom. The van der Waals surface area contributed by atoms with Crippen LogP contribution in [-0.2, 0) is 4.74 Å². The van der Waals surface area contributed by atoms with E-state index in [1.54, 1.807) is 0 Å². The number of rotatable bonds is 1. The van der Waals surface area contributed by atoms with E-state index in [1.807, 2.05) is 0 Å². The maximum absolute atomic E-state index is 5.87. The predicted molar refractivity (Wildman–Crippen MR) is 53.8 cm³/mol. The van der Waals surface area contributed by atoms with Gasteiger partial charge in [-0.05, 0) is 39.5 Å². The maximum atomic E-state index is 5.87. The highest BCUT2D eigenvalue weighted by Crippen LogP contribution is 2.30. The Kier molecular flexibility index (Phi) is 2.89. The van der Waals surface area contributed by atoms with Gasteiger partial charge in [0.1, 0.15) is 0 Å². The van der Waals surface area contributed by atoms with Gasteiger partial charge in [0.15, 0.2) is 0 Å². The summed E-state index contributed by atoms with van der Waals surface area (Å²) in [6.45, 7) is 6.82. The molecule has 2 unspecified atom stereocenters. The van der Waals surface area contributed by atoms with E-state index in [0.29, 0.717) is 12.1 Å². The molecule has 13 heavy (non-hydrogen) atoms. The summed E-state index contributed by atoms with van der Waals surface area (Å²) < 4.78 is 5.87. The van der Waals surface area contributed by atoms with Gasteiger partial charge in [-0.1, -0.05) is 0 Å². The summed E-state index contributed by atoms with van der Waals surface area (Å²) in [5.41, 5.74) is 0. The first-order valence-electron chi connectivity index (χ1n) is 5.66. The average Bonchev–Trinajstić information content (AvgIpc) is 2.44. The number of hydrogen-bond acceptors (Lipinski definition) is 2. The van der Waals surface area contributed by atoms with Crippen molar-refractivity contribution < 1.29 is 4.74 Å². The largest absolute Gasteiger partial charge is 0.377 e. The van der Waals surface area contributed by atoms with Gasteiger partial charge >= 0.3 is 0 Å². The van der Waals surface area contributed by atoms with Crippen LogP contribution in [-0.4, -0.2) is 36.2 Å². The first-order valence-corrected chi connectivity index (χ1v) is 5.66. The Morgan fingerprint density at radius 2 is 2.08 bits per heavy atom. The molecule has 2 atom stereocenters. The van der Waals surface area contributed by atoms with Crippen LogP contribution in [0.2, 0.25) is 0 Å². The summed E-state index contributed by atoms with van der Waals surface area (Å²) in [7, 11) is 0. The van der Waals surface area contributed by atoms with Crippen molar-refractivity contribution in [3.8, 4) is 0 Å². The lowest BCUT2D eigenvalue weighted by Crippen LogP contribution is -2.43. The molecule has 2 heteroatoms. The molecule has 0 aromatic heterocycles. The standard InChI is InChI=1S/C11H21NO/c1-9(2)12-7-4-8-13-11-6-3-5-10(11)12/h9-11H,3-8H2,1-2H3. The second-order valence-electron chi connectivity index (χ2n) is 4.59. The second kappa shape index (κ2) is 3.97. The molecule has 1 aliphatic heterocycles. The van der Waals surface area contributed by atoms with Crippen LogP contribution in [0.5, 0.6) is 0 Å². The van der Waals surface area contributed by atoms with Gasteiger partial charge in [0.2, 0.25) is 0 Å². The van der Waals surface area contributed by atoms with Gasteiger partial charge in [0.05, 0.1) is 6.10 Å². The second-order valence-corrected chi connectivity index (χ2v) is 4.59. The van der Waals surface area contributed by atoms with Gasteiger partial charge in [-0.3, -0.25) is 4.90 Å². The van der Waals surface area contributed by atoms with Crippen molar-refractivity contribution in [3.05, 3.63) is 0 Å². The van der Waals surface area contributed by atoms with Crippen molar-refractivity contribution in [1.29, 1.82) is 0 Å². The third kappa shape index (κ3) is 1.89.